The third-order valence-electron chi connectivity index (χ3n) is 4.29. The fraction of sp³-hybridized carbons (Fsp3) is 0.571. The van der Waals surface area contributed by atoms with Crippen LogP contribution >= 0.6 is 0 Å². The summed E-state index contributed by atoms with van der Waals surface area (Å²) < 4.78 is 36.5. The normalized spacial score (nSPS) is 18.8. The summed E-state index contributed by atoms with van der Waals surface area (Å²) in [6, 6.07) is 4.29. The minimum absolute atomic E-state index is 0.192. The number of primary sulfonamides is 1. The van der Waals surface area contributed by atoms with Crippen molar-refractivity contribution < 1.29 is 12.8 Å². The SMILES string of the molecule is CNC(C)C1CCN(c2ccc(S(N)(=O)=O)cc2F)CC1. The standard InChI is InChI=1S/C14H22FN3O2S/c1-10(17-2)11-5-7-18(8-6-11)14-4-3-12(9-13(14)15)21(16,19)20/h3-4,9-11,17H,5-8H2,1-2H3,(H2,16,19,20). The van der Waals surface area contributed by atoms with Gasteiger partial charge in [0.1, 0.15) is 5.82 Å². The van der Waals surface area contributed by atoms with Crippen LogP contribution in [-0.4, -0.2) is 34.6 Å². The first-order valence-electron chi connectivity index (χ1n) is 7.07. The third kappa shape index (κ3) is 3.72. The van der Waals surface area contributed by atoms with Crippen molar-refractivity contribution in [2.45, 2.75) is 30.7 Å². The third-order valence-corrected chi connectivity index (χ3v) is 5.20. The number of nitrogens with one attached hydrogen (secondary N) is 1. The molecule has 0 saturated carbocycles. The van der Waals surface area contributed by atoms with Gasteiger partial charge in [-0.1, -0.05) is 0 Å². The Morgan fingerprint density at radius 1 is 1.38 bits per heavy atom. The molecule has 1 heterocycles. The molecule has 1 atom stereocenters. The van der Waals surface area contributed by atoms with Crippen LogP contribution in [0.5, 0.6) is 0 Å². The van der Waals surface area contributed by atoms with E-state index >= 15 is 0 Å². The van der Waals surface area contributed by atoms with Crippen LogP contribution in [0, 0.1) is 11.7 Å². The summed E-state index contributed by atoms with van der Waals surface area (Å²) in [5.41, 5.74) is 0.443. The highest BCUT2D eigenvalue weighted by Crippen LogP contribution is 2.28. The molecule has 1 aliphatic heterocycles. The molecule has 5 nitrogen and oxygen atoms in total. The molecule has 0 aromatic heterocycles. The maximum Gasteiger partial charge on any atom is 0.238 e. The summed E-state index contributed by atoms with van der Waals surface area (Å²) in [5, 5.41) is 8.26. The number of rotatable bonds is 4. The number of nitrogens with two attached hydrogens (primary N) is 1. The summed E-state index contributed by atoms with van der Waals surface area (Å²) >= 11 is 0. The van der Waals surface area contributed by atoms with Crippen LogP contribution in [0.1, 0.15) is 19.8 Å². The molecular formula is C14H22FN3O2S. The Kier molecular flexibility index (Phi) is 4.85. The number of anilines is 1. The lowest BCUT2D eigenvalue weighted by Gasteiger charge is -2.36. The van der Waals surface area contributed by atoms with Crippen LogP contribution in [0.2, 0.25) is 0 Å². The van der Waals surface area contributed by atoms with E-state index in [-0.39, 0.29) is 4.90 Å². The van der Waals surface area contributed by atoms with E-state index < -0.39 is 15.8 Å². The van der Waals surface area contributed by atoms with E-state index in [1.54, 1.807) is 0 Å². The molecule has 118 valence electrons. The lowest BCUT2D eigenvalue weighted by Crippen LogP contribution is -2.41. The molecular weight excluding hydrogens is 293 g/mol. The number of hydrogen-bond acceptors (Lipinski definition) is 4. The van der Waals surface area contributed by atoms with Gasteiger partial charge in [0.15, 0.2) is 0 Å². The Hall–Kier alpha value is -1.18. The smallest absolute Gasteiger partial charge is 0.238 e. The van der Waals surface area contributed by atoms with E-state index in [0.29, 0.717) is 17.6 Å². The van der Waals surface area contributed by atoms with Crippen molar-refractivity contribution >= 4 is 15.7 Å². The minimum atomic E-state index is -3.86. The van der Waals surface area contributed by atoms with Gasteiger partial charge < -0.3 is 10.2 Å². The lowest BCUT2D eigenvalue weighted by molar-refractivity contribution is 0.322. The van der Waals surface area contributed by atoms with Gasteiger partial charge >= 0.3 is 0 Å². The van der Waals surface area contributed by atoms with E-state index in [4.69, 9.17) is 5.14 Å². The van der Waals surface area contributed by atoms with Gasteiger partial charge in [-0.15, -0.1) is 0 Å². The van der Waals surface area contributed by atoms with Crippen LogP contribution < -0.4 is 15.4 Å². The number of piperidine rings is 1. The monoisotopic (exact) mass is 315 g/mol. The van der Waals surface area contributed by atoms with Gasteiger partial charge in [-0.05, 0) is 50.9 Å². The van der Waals surface area contributed by atoms with Crippen LogP contribution in [0.15, 0.2) is 23.1 Å². The van der Waals surface area contributed by atoms with Crippen LogP contribution in [0.3, 0.4) is 0 Å². The van der Waals surface area contributed by atoms with Crippen molar-refractivity contribution in [1.29, 1.82) is 0 Å². The lowest BCUT2D eigenvalue weighted by atomic mass is 9.90. The van der Waals surface area contributed by atoms with E-state index in [1.165, 1.54) is 12.1 Å². The van der Waals surface area contributed by atoms with Crippen molar-refractivity contribution in [3.05, 3.63) is 24.0 Å². The molecule has 7 heteroatoms. The zero-order chi connectivity index (χ0) is 15.6. The Balaban J connectivity index is 2.11. The number of sulfonamides is 1. The average Bonchev–Trinajstić information content (AvgIpc) is 2.45. The van der Waals surface area contributed by atoms with Crippen molar-refractivity contribution in [3.63, 3.8) is 0 Å². The second-order valence-electron chi connectivity index (χ2n) is 5.56. The van der Waals surface area contributed by atoms with Gasteiger partial charge in [-0.3, -0.25) is 0 Å². The Labute approximate surface area is 125 Å². The molecule has 0 spiro atoms. The zero-order valence-corrected chi connectivity index (χ0v) is 13.2. The van der Waals surface area contributed by atoms with Crippen molar-refractivity contribution in [2.75, 3.05) is 25.0 Å². The molecule has 0 amide bonds. The highest BCUT2D eigenvalue weighted by Gasteiger charge is 2.25. The summed E-state index contributed by atoms with van der Waals surface area (Å²) in [7, 11) is -1.92. The topological polar surface area (TPSA) is 75.4 Å². The summed E-state index contributed by atoms with van der Waals surface area (Å²) in [6.07, 6.45) is 1.97. The Morgan fingerprint density at radius 2 is 2.00 bits per heavy atom. The first-order chi connectivity index (χ1) is 9.82. The predicted molar refractivity (Wildman–Crippen MR) is 81.2 cm³/mol. The first-order valence-corrected chi connectivity index (χ1v) is 8.62. The van der Waals surface area contributed by atoms with E-state index in [1.807, 2.05) is 11.9 Å². The number of nitrogens with zero attached hydrogens (tertiary/aromatic N) is 1. The fourth-order valence-corrected chi connectivity index (χ4v) is 3.32. The second kappa shape index (κ2) is 6.29. The van der Waals surface area contributed by atoms with Crippen molar-refractivity contribution in [1.82, 2.24) is 5.32 Å². The number of halogens is 1. The van der Waals surface area contributed by atoms with Gasteiger partial charge in [0.25, 0.3) is 0 Å². The maximum atomic E-state index is 14.1. The first kappa shape index (κ1) is 16.2. The molecule has 21 heavy (non-hydrogen) atoms. The highest BCUT2D eigenvalue weighted by atomic mass is 32.2. The average molecular weight is 315 g/mol. The summed E-state index contributed by atoms with van der Waals surface area (Å²) in [6.45, 7) is 3.69. The molecule has 2 rings (SSSR count). The van der Waals surface area contributed by atoms with Gasteiger partial charge in [0.05, 0.1) is 10.6 Å². The molecule has 1 fully saturated rings. The van der Waals surface area contributed by atoms with E-state index in [2.05, 4.69) is 12.2 Å². The van der Waals surface area contributed by atoms with Gasteiger partial charge in [-0.25, -0.2) is 17.9 Å². The van der Waals surface area contributed by atoms with Crippen molar-refractivity contribution in [2.24, 2.45) is 11.1 Å². The summed E-state index contributed by atoms with van der Waals surface area (Å²) in [5.74, 6) is 0.0413. The quantitative estimate of drug-likeness (QED) is 0.878. The Morgan fingerprint density at radius 3 is 2.48 bits per heavy atom. The van der Waals surface area contributed by atoms with Gasteiger partial charge in [0, 0.05) is 19.1 Å². The summed E-state index contributed by atoms with van der Waals surface area (Å²) in [4.78, 5) is 1.77. The molecule has 1 unspecified atom stereocenters. The molecule has 1 saturated heterocycles. The van der Waals surface area contributed by atoms with E-state index in [9.17, 15) is 12.8 Å². The maximum absolute atomic E-state index is 14.1. The highest BCUT2D eigenvalue weighted by molar-refractivity contribution is 7.89. The number of benzene rings is 1. The molecule has 0 bridgehead atoms. The van der Waals surface area contributed by atoms with Gasteiger partial charge in [-0.2, -0.15) is 0 Å². The molecule has 3 N–H and O–H groups in total. The second-order valence-corrected chi connectivity index (χ2v) is 7.12. The molecule has 1 aromatic carbocycles. The molecule has 1 aromatic rings. The largest absolute Gasteiger partial charge is 0.369 e. The zero-order valence-electron chi connectivity index (χ0n) is 12.3. The minimum Gasteiger partial charge on any atom is -0.369 e. The fourth-order valence-electron chi connectivity index (χ4n) is 2.80. The van der Waals surface area contributed by atoms with Gasteiger partial charge in [0.2, 0.25) is 10.0 Å². The molecule has 1 aliphatic rings. The predicted octanol–water partition coefficient (Wildman–Crippen LogP) is 1.30. The number of hydrogen-bond donors (Lipinski definition) is 2. The van der Waals surface area contributed by atoms with E-state index in [0.717, 1.165) is 32.0 Å². The molecule has 0 aliphatic carbocycles. The van der Waals surface area contributed by atoms with Crippen LogP contribution in [-0.2, 0) is 10.0 Å². The Bertz CT molecular complexity index is 598. The van der Waals surface area contributed by atoms with Crippen LogP contribution in [0.25, 0.3) is 0 Å². The van der Waals surface area contributed by atoms with Crippen LogP contribution in [0.4, 0.5) is 10.1 Å². The van der Waals surface area contributed by atoms with Crippen molar-refractivity contribution in [3.8, 4) is 0 Å². The molecule has 0 radical (unpaired) electrons.